The van der Waals surface area contributed by atoms with Crippen molar-refractivity contribution in [3.8, 4) is 0 Å². The molecule has 0 bridgehead atoms. The number of carbonyl (C=O) groups is 1. The Labute approximate surface area is 178 Å². The van der Waals surface area contributed by atoms with E-state index in [1.54, 1.807) is 0 Å². The quantitative estimate of drug-likeness (QED) is 0.609. The van der Waals surface area contributed by atoms with Crippen molar-refractivity contribution in [1.29, 1.82) is 0 Å². The molecule has 5 nitrogen and oxygen atoms in total. The topological polar surface area (TPSA) is 51.4 Å². The lowest BCUT2D eigenvalue weighted by molar-refractivity contribution is -0.122. The van der Waals surface area contributed by atoms with Gasteiger partial charge in [-0.25, -0.2) is 0 Å². The Hall–Kier alpha value is -2.89. The number of para-hydroxylation sites is 1. The number of benzene rings is 2. The fourth-order valence-corrected chi connectivity index (χ4v) is 3.97. The highest BCUT2D eigenvalue weighted by atomic mass is 16.2. The molecule has 0 saturated carbocycles. The third kappa shape index (κ3) is 5.59. The molecule has 30 heavy (non-hydrogen) atoms. The van der Waals surface area contributed by atoms with Gasteiger partial charge >= 0.3 is 0 Å². The Morgan fingerprint density at radius 1 is 0.967 bits per heavy atom. The second-order valence-electron chi connectivity index (χ2n) is 7.85. The Bertz CT molecular complexity index is 971. The molecule has 4 rings (SSSR count). The first-order chi connectivity index (χ1) is 14.8. The van der Waals surface area contributed by atoms with Gasteiger partial charge in [-0.1, -0.05) is 60.7 Å². The molecule has 0 atom stereocenters. The minimum absolute atomic E-state index is 0.118. The summed E-state index contributed by atoms with van der Waals surface area (Å²) in [5, 5.41) is 4.32. The lowest BCUT2D eigenvalue weighted by Crippen LogP contribution is -2.49. The first-order valence-electron chi connectivity index (χ1n) is 10.8. The molecule has 0 unspecified atom stereocenters. The second-order valence-corrected chi connectivity index (χ2v) is 7.85. The van der Waals surface area contributed by atoms with Gasteiger partial charge < -0.3 is 10.3 Å². The molecule has 1 fully saturated rings. The lowest BCUT2D eigenvalue weighted by Gasteiger charge is -2.33. The van der Waals surface area contributed by atoms with Crippen LogP contribution < -0.4 is 5.32 Å². The minimum atomic E-state index is 0.118. The number of rotatable bonds is 8. The zero-order valence-corrected chi connectivity index (χ0v) is 17.4. The van der Waals surface area contributed by atoms with Gasteiger partial charge in [0.15, 0.2) is 0 Å². The standard InChI is InChI=1S/C25H30N4O/c30-25(26-13-12-22-19-27-24-11-5-4-10-23(22)24)20-29-17-15-28(16-18-29)14-6-9-21-7-2-1-3-8-21/h1-11,19,27H,12-18,20H2,(H,26,30)/b9-6+. The molecule has 1 saturated heterocycles. The van der Waals surface area contributed by atoms with E-state index in [0.717, 1.165) is 44.7 Å². The van der Waals surface area contributed by atoms with Crippen LogP contribution in [0.4, 0.5) is 0 Å². The van der Waals surface area contributed by atoms with Crippen LogP contribution in [0.5, 0.6) is 0 Å². The SMILES string of the molecule is O=C(CN1CCN(C/C=C/c2ccccc2)CC1)NCCc1c[nH]c2ccccc12. The number of hydrogen-bond acceptors (Lipinski definition) is 3. The molecule has 0 spiro atoms. The summed E-state index contributed by atoms with van der Waals surface area (Å²) in [6.07, 6.45) is 7.29. The van der Waals surface area contributed by atoms with Gasteiger partial charge in [-0.15, -0.1) is 0 Å². The van der Waals surface area contributed by atoms with E-state index in [9.17, 15) is 4.79 Å². The van der Waals surface area contributed by atoms with Crippen LogP contribution in [0.1, 0.15) is 11.1 Å². The number of hydrogen-bond donors (Lipinski definition) is 2. The molecule has 2 N–H and O–H groups in total. The molecule has 3 aromatic rings. The molecule has 5 heteroatoms. The lowest BCUT2D eigenvalue weighted by atomic mass is 10.1. The summed E-state index contributed by atoms with van der Waals surface area (Å²) in [7, 11) is 0. The van der Waals surface area contributed by atoms with E-state index in [1.807, 2.05) is 18.3 Å². The van der Waals surface area contributed by atoms with E-state index in [2.05, 4.69) is 74.7 Å². The smallest absolute Gasteiger partial charge is 0.234 e. The van der Waals surface area contributed by atoms with E-state index < -0.39 is 0 Å². The number of aromatic amines is 1. The summed E-state index contributed by atoms with van der Waals surface area (Å²) in [4.78, 5) is 20.3. The van der Waals surface area contributed by atoms with Crippen molar-refractivity contribution >= 4 is 22.9 Å². The highest BCUT2D eigenvalue weighted by molar-refractivity contribution is 5.83. The molecule has 1 amide bonds. The van der Waals surface area contributed by atoms with E-state index in [-0.39, 0.29) is 5.91 Å². The molecule has 0 aliphatic carbocycles. The number of H-pyrrole nitrogens is 1. The average molecular weight is 403 g/mol. The summed E-state index contributed by atoms with van der Waals surface area (Å²) in [5.74, 6) is 0.118. The number of carbonyl (C=O) groups excluding carboxylic acids is 1. The summed E-state index contributed by atoms with van der Waals surface area (Å²) in [6.45, 7) is 6.00. The van der Waals surface area contributed by atoms with E-state index in [0.29, 0.717) is 13.1 Å². The van der Waals surface area contributed by atoms with Crippen molar-refractivity contribution in [3.05, 3.63) is 78.0 Å². The molecular weight excluding hydrogens is 372 g/mol. The van der Waals surface area contributed by atoms with Crippen LogP contribution in [0.15, 0.2) is 66.9 Å². The predicted molar refractivity (Wildman–Crippen MR) is 123 cm³/mol. The van der Waals surface area contributed by atoms with Gasteiger partial charge in [-0.2, -0.15) is 0 Å². The maximum absolute atomic E-state index is 12.3. The molecule has 1 aliphatic heterocycles. The summed E-state index contributed by atoms with van der Waals surface area (Å²) < 4.78 is 0. The Balaban J connectivity index is 1.13. The van der Waals surface area contributed by atoms with Crippen LogP contribution in [0.2, 0.25) is 0 Å². The first-order valence-corrected chi connectivity index (χ1v) is 10.8. The van der Waals surface area contributed by atoms with Crippen LogP contribution in [-0.2, 0) is 11.2 Å². The Morgan fingerprint density at radius 2 is 1.70 bits per heavy atom. The number of aromatic nitrogens is 1. The van der Waals surface area contributed by atoms with E-state index in [4.69, 9.17) is 0 Å². The highest BCUT2D eigenvalue weighted by Crippen LogP contribution is 2.17. The number of amides is 1. The molecule has 1 aromatic heterocycles. The van der Waals surface area contributed by atoms with Crippen molar-refractivity contribution in [2.75, 3.05) is 45.8 Å². The van der Waals surface area contributed by atoms with Crippen LogP contribution in [-0.4, -0.2) is 66.5 Å². The predicted octanol–water partition coefficient (Wildman–Crippen LogP) is 3.16. The van der Waals surface area contributed by atoms with E-state index >= 15 is 0 Å². The molecular formula is C25H30N4O. The second kappa shape index (κ2) is 10.2. The third-order valence-corrected chi connectivity index (χ3v) is 5.70. The van der Waals surface area contributed by atoms with Crippen molar-refractivity contribution < 1.29 is 4.79 Å². The van der Waals surface area contributed by atoms with Crippen LogP contribution in [0, 0.1) is 0 Å². The summed E-state index contributed by atoms with van der Waals surface area (Å²) in [6, 6.07) is 18.7. The monoisotopic (exact) mass is 402 g/mol. The number of nitrogens with one attached hydrogen (secondary N) is 2. The Kier molecular flexibility index (Phi) is 6.95. The van der Waals surface area contributed by atoms with Gasteiger partial charge in [-0.3, -0.25) is 14.6 Å². The van der Waals surface area contributed by atoms with Crippen molar-refractivity contribution in [3.63, 3.8) is 0 Å². The van der Waals surface area contributed by atoms with Gasteiger partial charge in [-0.05, 0) is 23.6 Å². The fraction of sp³-hybridized carbons (Fsp3) is 0.320. The zero-order chi connectivity index (χ0) is 20.6. The normalized spacial score (nSPS) is 15.7. The van der Waals surface area contributed by atoms with Gasteiger partial charge in [0.2, 0.25) is 5.91 Å². The molecule has 156 valence electrons. The average Bonchev–Trinajstić information content (AvgIpc) is 3.19. The molecule has 2 heterocycles. The number of fused-ring (bicyclic) bond motifs is 1. The van der Waals surface area contributed by atoms with Crippen molar-refractivity contribution in [2.24, 2.45) is 0 Å². The van der Waals surface area contributed by atoms with Gasteiger partial charge in [0.25, 0.3) is 0 Å². The molecule has 1 aliphatic rings. The maximum atomic E-state index is 12.3. The van der Waals surface area contributed by atoms with Crippen LogP contribution in [0.3, 0.4) is 0 Å². The summed E-state index contributed by atoms with van der Waals surface area (Å²) >= 11 is 0. The van der Waals surface area contributed by atoms with E-state index in [1.165, 1.54) is 16.5 Å². The van der Waals surface area contributed by atoms with Crippen molar-refractivity contribution in [1.82, 2.24) is 20.1 Å². The zero-order valence-electron chi connectivity index (χ0n) is 17.4. The highest BCUT2D eigenvalue weighted by Gasteiger charge is 2.18. The Morgan fingerprint density at radius 3 is 2.53 bits per heavy atom. The fourth-order valence-electron chi connectivity index (χ4n) is 3.97. The summed E-state index contributed by atoms with van der Waals surface area (Å²) in [5.41, 5.74) is 3.64. The van der Waals surface area contributed by atoms with Crippen LogP contribution in [0.25, 0.3) is 17.0 Å². The first kappa shape index (κ1) is 20.4. The van der Waals surface area contributed by atoms with Crippen LogP contribution >= 0.6 is 0 Å². The minimum Gasteiger partial charge on any atom is -0.361 e. The van der Waals surface area contributed by atoms with Crippen molar-refractivity contribution in [2.45, 2.75) is 6.42 Å². The number of piperazine rings is 1. The maximum Gasteiger partial charge on any atom is 0.234 e. The third-order valence-electron chi connectivity index (χ3n) is 5.70. The van der Waals surface area contributed by atoms with Gasteiger partial charge in [0.1, 0.15) is 0 Å². The molecule has 0 radical (unpaired) electrons. The molecule has 2 aromatic carbocycles. The number of nitrogens with zero attached hydrogens (tertiary/aromatic N) is 2. The largest absolute Gasteiger partial charge is 0.361 e. The van der Waals surface area contributed by atoms with Gasteiger partial charge in [0, 0.05) is 56.4 Å². The van der Waals surface area contributed by atoms with Gasteiger partial charge in [0.05, 0.1) is 6.54 Å².